The number of carbonyl (C=O) groups is 1. The van der Waals surface area contributed by atoms with Crippen molar-refractivity contribution in [2.45, 2.75) is 58.3 Å². The molecule has 1 aromatic rings. The molecule has 0 saturated carbocycles. The van der Waals surface area contributed by atoms with Crippen molar-refractivity contribution in [1.82, 2.24) is 9.88 Å². The molecular formula is C18H25N3O4. The van der Waals surface area contributed by atoms with Gasteiger partial charge < -0.3 is 19.1 Å². The first-order chi connectivity index (χ1) is 11.7. The molecule has 0 spiro atoms. The van der Waals surface area contributed by atoms with Gasteiger partial charge in [0.25, 0.3) is 5.88 Å². The van der Waals surface area contributed by atoms with Crippen LogP contribution in [0.2, 0.25) is 0 Å². The molecule has 7 nitrogen and oxygen atoms in total. The van der Waals surface area contributed by atoms with Gasteiger partial charge in [0.2, 0.25) is 0 Å². The fraction of sp³-hybridized carbons (Fsp3) is 0.611. The lowest BCUT2D eigenvalue weighted by Crippen LogP contribution is -2.50. The van der Waals surface area contributed by atoms with Gasteiger partial charge in [0, 0.05) is 12.2 Å². The zero-order chi connectivity index (χ0) is 18.6. The van der Waals surface area contributed by atoms with E-state index in [-0.39, 0.29) is 24.1 Å². The minimum absolute atomic E-state index is 0.0787. The number of hydrogen-bond acceptors (Lipinski definition) is 6. The van der Waals surface area contributed by atoms with E-state index in [0.717, 1.165) is 12.8 Å². The molecule has 1 amide bonds. The highest BCUT2D eigenvalue weighted by Gasteiger charge is 2.33. The van der Waals surface area contributed by atoms with Crippen LogP contribution < -0.4 is 9.47 Å². The number of rotatable bonds is 3. The minimum Gasteiger partial charge on any atom is -0.490 e. The first kappa shape index (κ1) is 18.8. The Bertz CT molecular complexity index is 663. The van der Waals surface area contributed by atoms with Gasteiger partial charge in [-0.3, -0.25) is 0 Å². The Balaban J connectivity index is 2.12. The van der Waals surface area contributed by atoms with E-state index in [1.54, 1.807) is 11.0 Å². The molecule has 1 fully saturated rings. The Morgan fingerprint density at radius 1 is 1.40 bits per heavy atom. The Morgan fingerprint density at radius 2 is 2.12 bits per heavy atom. The van der Waals surface area contributed by atoms with E-state index in [1.807, 2.05) is 27.7 Å². The maximum atomic E-state index is 12.4. The fourth-order valence-electron chi connectivity index (χ4n) is 2.70. The molecule has 0 aliphatic carbocycles. The molecule has 1 aliphatic rings. The van der Waals surface area contributed by atoms with Crippen LogP contribution in [0.15, 0.2) is 12.3 Å². The monoisotopic (exact) mass is 347 g/mol. The molecule has 25 heavy (non-hydrogen) atoms. The van der Waals surface area contributed by atoms with Gasteiger partial charge in [-0.2, -0.15) is 5.26 Å². The van der Waals surface area contributed by atoms with Crippen molar-refractivity contribution in [3.8, 4) is 17.7 Å². The first-order valence-corrected chi connectivity index (χ1v) is 8.34. The molecule has 2 atom stereocenters. The second-order valence-corrected chi connectivity index (χ2v) is 7.11. The summed E-state index contributed by atoms with van der Waals surface area (Å²) < 4.78 is 16.7. The Morgan fingerprint density at radius 3 is 2.72 bits per heavy atom. The van der Waals surface area contributed by atoms with Crippen LogP contribution in [-0.4, -0.2) is 47.4 Å². The van der Waals surface area contributed by atoms with E-state index in [2.05, 4.69) is 11.1 Å². The molecule has 1 saturated heterocycles. The van der Waals surface area contributed by atoms with Gasteiger partial charge in [-0.25, -0.2) is 9.78 Å². The largest absolute Gasteiger partial charge is 0.490 e. The average molecular weight is 347 g/mol. The Hall–Kier alpha value is -2.49. The number of likely N-dealkylation sites (tertiary alicyclic amines) is 1. The zero-order valence-corrected chi connectivity index (χ0v) is 15.4. The van der Waals surface area contributed by atoms with Crippen molar-refractivity contribution in [2.24, 2.45) is 0 Å². The number of nitriles is 1. The van der Waals surface area contributed by atoms with E-state index in [1.165, 1.54) is 13.3 Å². The highest BCUT2D eigenvalue weighted by molar-refractivity contribution is 5.68. The highest BCUT2D eigenvalue weighted by atomic mass is 16.6. The predicted molar refractivity (Wildman–Crippen MR) is 91.6 cm³/mol. The SMILES string of the molecule is COc1c(C#N)ccnc1OC1CCC(C)N(C(=O)OC(C)(C)C)C1. The Kier molecular flexibility index (Phi) is 5.73. The van der Waals surface area contributed by atoms with Gasteiger partial charge in [0.15, 0.2) is 5.75 Å². The van der Waals surface area contributed by atoms with Crippen LogP contribution in [0.4, 0.5) is 4.79 Å². The summed E-state index contributed by atoms with van der Waals surface area (Å²) in [6.45, 7) is 7.92. The lowest BCUT2D eigenvalue weighted by Gasteiger charge is -2.38. The molecule has 2 rings (SSSR count). The normalized spacial score (nSPS) is 20.6. The maximum Gasteiger partial charge on any atom is 0.410 e. The topological polar surface area (TPSA) is 84.7 Å². The molecule has 0 bridgehead atoms. The maximum absolute atomic E-state index is 12.4. The van der Waals surface area contributed by atoms with E-state index >= 15 is 0 Å². The molecule has 2 unspecified atom stereocenters. The number of hydrogen-bond donors (Lipinski definition) is 0. The van der Waals surface area contributed by atoms with Crippen molar-refractivity contribution in [1.29, 1.82) is 5.26 Å². The molecule has 0 N–H and O–H groups in total. The summed E-state index contributed by atoms with van der Waals surface area (Å²) >= 11 is 0. The summed E-state index contributed by atoms with van der Waals surface area (Å²) in [5.41, 5.74) is -0.183. The molecule has 1 aliphatic heterocycles. The molecule has 0 aromatic carbocycles. The lowest BCUT2D eigenvalue weighted by atomic mass is 10.0. The number of nitrogens with zero attached hydrogens (tertiary/aromatic N) is 3. The second-order valence-electron chi connectivity index (χ2n) is 7.11. The smallest absolute Gasteiger partial charge is 0.410 e. The molecule has 136 valence electrons. The third-order valence-electron chi connectivity index (χ3n) is 3.94. The number of aromatic nitrogens is 1. The fourth-order valence-corrected chi connectivity index (χ4v) is 2.70. The van der Waals surface area contributed by atoms with E-state index in [9.17, 15) is 4.79 Å². The van der Waals surface area contributed by atoms with Gasteiger partial charge >= 0.3 is 6.09 Å². The van der Waals surface area contributed by atoms with Gasteiger partial charge in [0.05, 0.1) is 13.7 Å². The van der Waals surface area contributed by atoms with Crippen LogP contribution >= 0.6 is 0 Å². The van der Waals surface area contributed by atoms with Crippen LogP contribution in [0.25, 0.3) is 0 Å². The summed E-state index contributed by atoms with van der Waals surface area (Å²) in [7, 11) is 1.47. The van der Waals surface area contributed by atoms with Crippen LogP contribution in [0, 0.1) is 11.3 Å². The van der Waals surface area contributed by atoms with Crippen molar-refractivity contribution >= 4 is 6.09 Å². The van der Waals surface area contributed by atoms with Gasteiger partial charge in [-0.1, -0.05) is 0 Å². The van der Waals surface area contributed by atoms with Crippen LogP contribution in [0.5, 0.6) is 11.6 Å². The van der Waals surface area contributed by atoms with Crippen molar-refractivity contribution in [2.75, 3.05) is 13.7 Å². The molecule has 1 aromatic heterocycles. The molecule has 2 heterocycles. The van der Waals surface area contributed by atoms with Crippen LogP contribution in [-0.2, 0) is 4.74 Å². The van der Waals surface area contributed by atoms with Crippen molar-refractivity contribution in [3.63, 3.8) is 0 Å². The first-order valence-electron chi connectivity index (χ1n) is 8.34. The molecule has 7 heteroatoms. The van der Waals surface area contributed by atoms with Crippen LogP contribution in [0.1, 0.15) is 46.1 Å². The summed E-state index contributed by atoms with van der Waals surface area (Å²) in [6, 6.07) is 3.70. The van der Waals surface area contributed by atoms with Crippen molar-refractivity contribution < 1.29 is 19.0 Å². The summed E-state index contributed by atoms with van der Waals surface area (Å²) in [4.78, 5) is 18.3. The van der Waals surface area contributed by atoms with Gasteiger partial charge in [0.1, 0.15) is 23.3 Å². The van der Waals surface area contributed by atoms with Gasteiger partial charge in [-0.15, -0.1) is 0 Å². The van der Waals surface area contributed by atoms with Gasteiger partial charge in [-0.05, 0) is 46.6 Å². The quantitative estimate of drug-likeness (QED) is 0.835. The Labute approximate surface area is 148 Å². The van der Waals surface area contributed by atoms with E-state index in [0.29, 0.717) is 17.9 Å². The third-order valence-corrected chi connectivity index (χ3v) is 3.94. The van der Waals surface area contributed by atoms with Crippen molar-refractivity contribution in [3.05, 3.63) is 17.8 Å². The molecule has 0 radical (unpaired) electrons. The van der Waals surface area contributed by atoms with Crippen LogP contribution in [0.3, 0.4) is 0 Å². The number of carbonyl (C=O) groups excluding carboxylic acids is 1. The summed E-state index contributed by atoms with van der Waals surface area (Å²) in [5.74, 6) is 0.581. The number of methoxy groups -OCH3 is 1. The van der Waals surface area contributed by atoms with E-state index in [4.69, 9.17) is 19.5 Å². The predicted octanol–water partition coefficient (Wildman–Crippen LogP) is 3.13. The zero-order valence-electron chi connectivity index (χ0n) is 15.4. The summed E-state index contributed by atoms with van der Waals surface area (Å²) in [5, 5.41) is 9.15. The summed E-state index contributed by atoms with van der Waals surface area (Å²) in [6.07, 6.45) is 2.50. The third kappa shape index (κ3) is 4.75. The highest BCUT2D eigenvalue weighted by Crippen LogP contribution is 2.31. The minimum atomic E-state index is -0.545. The van der Waals surface area contributed by atoms with E-state index < -0.39 is 5.60 Å². The number of amides is 1. The number of ether oxygens (including phenoxy) is 3. The molecular weight excluding hydrogens is 322 g/mol. The lowest BCUT2D eigenvalue weighted by molar-refractivity contribution is -0.00629. The number of pyridine rings is 1. The average Bonchev–Trinajstić information content (AvgIpc) is 2.54. The number of piperidine rings is 1. The standard InChI is InChI=1S/C18H25N3O4/c1-12-6-7-14(11-21(12)17(22)25-18(2,3)4)24-16-15(23-5)13(10-19)8-9-20-16/h8-9,12,14H,6-7,11H2,1-5H3. The second kappa shape index (κ2) is 7.60.